The molecule has 0 saturated carbocycles. The summed E-state index contributed by atoms with van der Waals surface area (Å²) < 4.78 is 5.10. The lowest BCUT2D eigenvalue weighted by Crippen LogP contribution is -2.51. The van der Waals surface area contributed by atoms with Crippen LogP contribution in [0.1, 0.15) is 22.7 Å². The van der Waals surface area contributed by atoms with Crippen molar-refractivity contribution < 1.29 is 4.79 Å². The number of hydrogen-bond donors (Lipinski definition) is 0. The van der Waals surface area contributed by atoms with Crippen molar-refractivity contribution in [1.82, 2.24) is 44.4 Å². The number of nitrogens with zero attached hydrogens (tertiary/aromatic N) is 10. The molecule has 1 aliphatic heterocycles. The minimum Gasteiger partial charge on any atom is -0.320 e. The van der Waals surface area contributed by atoms with Gasteiger partial charge in [-0.25, -0.2) is 4.79 Å². The van der Waals surface area contributed by atoms with E-state index in [2.05, 4.69) is 67.9 Å². The normalized spacial score (nSPS) is 14.5. The van der Waals surface area contributed by atoms with Crippen LogP contribution in [-0.4, -0.2) is 76.6 Å². The lowest BCUT2D eigenvalue weighted by Gasteiger charge is -2.39. The number of rotatable bonds is 3. The topological polar surface area (TPSA) is 114 Å². The van der Waals surface area contributed by atoms with Crippen molar-refractivity contribution in [3.8, 4) is 6.07 Å². The first-order valence-electron chi connectivity index (χ1n) is 13.1. The second-order valence-corrected chi connectivity index (χ2v) is 10.2. The summed E-state index contributed by atoms with van der Waals surface area (Å²) in [5, 5.41) is 28.4. The molecule has 6 aromatic rings. The average Bonchev–Trinajstić information content (AvgIpc) is 3.69. The molecule has 3 aromatic heterocycles. The summed E-state index contributed by atoms with van der Waals surface area (Å²) in [5.41, 5.74) is 6.14. The fourth-order valence-corrected chi connectivity index (χ4v) is 5.76. The maximum absolute atomic E-state index is 13.4. The number of carbonyl (C=O) groups excluding carboxylic acids is 1. The van der Waals surface area contributed by atoms with E-state index < -0.39 is 0 Å². The van der Waals surface area contributed by atoms with E-state index in [1.54, 1.807) is 18.2 Å². The van der Waals surface area contributed by atoms with Gasteiger partial charge in [-0.2, -0.15) is 20.1 Å². The molecule has 3 aromatic carbocycles. The highest BCUT2D eigenvalue weighted by molar-refractivity contribution is 5.88. The quantitative estimate of drug-likeness (QED) is 0.344. The zero-order valence-corrected chi connectivity index (χ0v) is 22.1. The number of aryl methyl sites for hydroxylation is 2. The van der Waals surface area contributed by atoms with Gasteiger partial charge in [-0.1, -0.05) is 17.3 Å². The van der Waals surface area contributed by atoms with E-state index in [-0.39, 0.29) is 12.1 Å². The molecule has 0 atom stereocenters. The molecule has 1 saturated heterocycles. The standard InChI is InChI=1S/C29H26N10O/c1-35-25-7-4-20(14-22(25)17-31-35)28(21-5-8-26-23(15-21)18-32-36(26)2)37-9-11-38(12-10-37)29(40)39-27-6-3-19(16-30)13-24(27)33-34-39/h3-8,13-15,17-18,28H,9-12H2,1-2H3. The molecular weight excluding hydrogens is 504 g/mol. The van der Waals surface area contributed by atoms with Crippen LogP contribution in [0.2, 0.25) is 0 Å². The molecule has 4 heterocycles. The Kier molecular flexibility index (Phi) is 5.57. The molecule has 0 N–H and O–H groups in total. The smallest absolute Gasteiger partial charge is 0.320 e. The fourth-order valence-electron chi connectivity index (χ4n) is 5.76. The zero-order valence-electron chi connectivity index (χ0n) is 22.1. The first-order valence-corrected chi connectivity index (χ1v) is 13.1. The van der Waals surface area contributed by atoms with E-state index in [0.29, 0.717) is 42.8 Å². The molecule has 11 heteroatoms. The molecule has 11 nitrogen and oxygen atoms in total. The third-order valence-electron chi connectivity index (χ3n) is 7.88. The van der Waals surface area contributed by atoms with E-state index >= 15 is 0 Å². The number of piperazine rings is 1. The summed E-state index contributed by atoms with van der Waals surface area (Å²) in [5.74, 6) is 0. The molecule has 0 spiro atoms. The van der Waals surface area contributed by atoms with E-state index in [9.17, 15) is 4.79 Å². The number of benzene rings is 3. The van der Waals surface area contributed by atoms with Crippen LogP contribution in [0, 0.1) is 11.3 Å². The maximum Gasteiger partial charge on any atom is 0.346 e. The van der Waals surface area contributed by atoms with Crippen LogP contribution in [0.25, 0.3) is 32.8 Å². The van der Waals surface area contributed by atoms with E-state index in [4.69, 9.17) is 5.26 Å². The number of carbonyl (C=O) groups is 1. The van der Waals surface area contributed by atoms with E-state index in [1.165, 1.54) is 15.8 Å². The fraction of sp³-hybridized carbons (Fsp3) is 0.241. The first-order chi connectivity index (χ1) is 19.5. The van der Waals surface area contributed by atoms with Gasteiger partial charge in [0.1, 0.15) is 5.52 Å². The third kappa shape index (κ3) is 3.88. The Bertz CT molecular complexity index is 1870. The predicted octanol–water partition coefficient (Wildman–Crippen LogP) is 3.45. The Morgan fingerprint density at radius 2 is 1.43 bits per heavy atom. The van der Waals surface area contributed by atoms with E-state index in [0.717, 1.165) is 21.8 Å². The average molecular weight is 531 g/mol. The summed E-state index contributed by atoms with van der Waals surface area (Å²) >= 11 is 0. The predicted molar refractivity (Wildman–Crippen MR) is 149 cm³/mol. The Morgan fingerprint density at radius 3 is 2.02 bits per heavy atom. The molecule has 0 bridgehead atoms. The van der Waals surface area contributed by atoms with Crippen LogP contribution in [0.4, 0.5) is 4.79 Å². The first kappa shape index (κ1) is 24.0. The van der Waals surface area contributed by atoms with Gasteiger partial charge in [0.05, 0.1) is 46.6 Å². The molecule has 0 aliphatic carbocycles. The maximum atomic E-state index is 13.4. The Labute approximate surface area is 229 Å². The SMILES string of the molecule is Cn1ncc2cc(C(c3ccc4c(cnn4C)c3)N3CCN(C(=O)n4nnc5cc(C#N)ccc54)CC3)ccc21. The van der Waals surface area contributed by atoms with Crippen molar-refractivity contribution in [3.63, 3.8) is 0 Å². The van der Waals surface area contributed by atoms with Crippen LogP contribution in [0.3, 0.4) is 0 Å². The molecule has 7 rings (SSSR count). The van der Waals surface area contributed by atoms with Gasteiger partial charge in [0.15, 0.2) is 0 Å². The lowest BCUT2D eigenvalue weighted by atomic mass is 9.94. The van der Waals surface area contributed by atoms with Gasteiger partial charge in [-0.05, 0) is 53.6 Å². The van der Waals surface area contributed by atoms with E-state index in [1.807, 2.05) is 40.8 Å². The van der Waals surface area contributed by atoms with Crippen LogP contribution in [-0.2, 0) is 14.1 Å². The van der Waals surface area contributed by atoms with Crippen molar-refractivity contribution >= 4 is 38.9 Å². The number of aromatic nitrogens is 7. The Morgan fingerprint density at radius 1 is 0.825 bits per heavy atom. The molecule has 1 aliphatic rings. The summed E-state index contributed by atoms with van der Waals surface area (Å²) in [6, 6.07) is 20.0. The summed E-state index contributed by atoms with van der Waals surface area (Å²) in [6.07, 6.45) is 3.80. The van der Waals surface area contributed by atoms with Gasteiger partial charge < -0.3 is 4.90 Å². The molecule has 1 fully saturated rings. The van der Waals surface area contributed by atoms with Gasteiger partial charge in [0.25, 0.3) is 0 Å². The number of nitriles is 1. The largest absolute Gasteiger partial charge is 0.346 e. The second-order valence-electron chi connectivity index (χ2n) is 10.2. The van der Waals surface area contributed by atoms with Crippen LogP contribution >= 0.6 is 0 Å². The summed E-state index contributed by atoms with van der Waals surface area (Å²) in [4.78, 5) is 17.7. The minimum absolute atomic E-state index is 0.00284. The van der Waals surface area contributed by atoms with Crippen molar-refractivity contribution in [2.45, 2.75) is 6.04 Å². The highest BCUT2D eigenvalue weighted by Crippen LogP contribution is 2.33. The van der Waals surface area contributed by atoms with Crippen molar-refractivity contribution in [2.24, 2.45) is 14.1 Å². The molecular formula is C29H26N10O. The van der Waals surface area contributed by atoms with Crippen LogP contribution in [0.5, 0.6) is 0 Å². The van der Waals surface area contributed by atoms with Gasteiger partial charge in [-0.3, -0.25) is 14.3 Å². The van der Waals surface area contributed by atoms with Crippen molar-refractivity contribution in [2.75, 3.05) is 26.2 Å². The van der Waals surface area contributed by atoms with Crippen LogP contribution < -0.4 is 0 Å². The van der Waals surface area contributed by atoms with Crippen molar-refractivity contribution in [3.05, 3.63) is 83.7 Å². The molecule has 0 radical (unpaired) electrons. The minimum atomic E-state index is -0.211. The Balaban J connectivity index is 1.19. The highest BCUT2D eigenvalue weighted by Gasteiger charge is 2.30. The van der Waals surface area contributed by atoms with Gasteiger partial charge in [0, 0.05) is 51.0 Å². The Hall–Kier alpha value is -5.08. The van der Waals surface area contributed by atoms with Gasteiger partial charge >= 0.3 is 6.03 Å². The second kappa shape index (κ2) is 9.29. The molecule has 40 heavy (non-hydrogen) atoms. The number of amides is 1. The molecule has 198 valence electrons. The number of fused-ring (bicyclic) bond motifs is 3. The zero-order chi connectivity index (χ0) is 27.4. The van der Waals surface area contributed by atoms with Crippen molar-refractivity contribution in [1.29, 1.82) is 5.26 Å². The third-order valence-corrected chi connectivity index (χ3v) is 7.88. The van der Waals surface area contributed by atoms with Gasteiger partial charge in [-0.15, -0.1) is 5.10 Å². The monoisotopic (exact) mass is 530 g/mol. The van der Waals surface area contributed by atoms with Crippen LogP contribution in [0.15, 0.2) is 67.0 Å². The summed E-state index contributed by atoms with van der Waals surface area (Å²) in [6.45, 7) is 2.49. The molecule has 0 unspecified atom stereocenters. The van der Waals surface area contributed by atoms with Gasteiger partial charge in [0.2, 0.25) is 0 Å². The summed E-state index contributed by atoms with van der Waals surface area (Å²) in [7, 11) is 3.90. The highest BCUT2D eigenvalue weighted by atomic mass is 16.2. The lowest BCUT2D eigenvalue weighted by molar-refractivity contribution is 0.120. The molecule has 1 amide bonds. The number of hydrogen-bond acceptors (Lipinski definition) is 7.